The number of nitrogens with two attached hydrogens (primary N) is 1. The summed E-state index contributed by atoms with van der Waals surface area (Å²) in [7, 11) is 0. The van der Waals surface area contributed by atoms with Crippen LogP contribution in [0, 0.1) is 17.7 Å². The Morgan fingerprint density at radius 1 is 1.43 bits per heavy atom. The van der Waals surface area contributed by atoms with Crippen molar-refractivity contribution in [3.8, 4) is 0 Å². The number of rotatable bonds is 4. The highest BCUT2D eigenvalue weighted by Gasteiger charge is 2.28. The van der Waals surface area contributed by atoms with Crippen molar-refractivity contribution in [3.63, 3.8) is 0 Å². The molecule has 3 atom stereocenters. The summed E-state index contributed by atoms with van der Waals surface area (Å²) in [6.07, 6.45) is 3.44. The molecule has 0 spiro atoms. The Labute approximate surface area is 129 Å². The predicted molar refractivity (Wildman–Crippen MR) is 85.6 cm³/mol. The second-order valence-corrected chi connectivity index (χ2v) is 6.94. The molecule has 3 nitrogen and oxygen atoms in total. The van der Waals surface area contributed by atoms with Crippen molar-refractivity contribution in [1.82, 2.24) is 5.32 Å². The zero-order valence-corrected chi connectivity index (χ0v) is 13.4. The van der Waals surface area contributed by atoms with Gasteiger partial charge in [0.05, 0.1) is 5.75 Å². The third-order valence-electron chi connectivity index (χ3n) is 4.37. The Balaban J connectivity index is 1.84. The lowest BCUT2D eigenvalue weighted by atomic mass is 9.78. The van der Waals surface area contributed by atoms with Crippen LogP contribution in [-0.4, -0.2) is 17.7 Å². The number of carbonyl (C=O) groups excluding carboxylic acids is 1. The molecule has 1 aromatic carbocycles. The highest BCUT2D eigenvalue weighted by atomic mass is 32.2. The SMILES string of the molecule is CC1CCCC(NC(=O)CSc2ccc(N)cc2F)C1C. The van der Waals surface area contributed by atoms with Crippen LogP contribution in [0.2, 0.25) is 0 Å². The lowest BCUT2D eigenvalue weighted by molar-refractivity contribution is -0.119. The molecule has 116 valence electrons. The van der Waals surface area contributed by atoms with E-state index in [9.17, 15) is 9.18 Å². The first kappa shape index (κ1) is 16.1. The van der Waals surface area contributed by atoms with Crippen molar-refractivity contribution in [2.45, 2.75) is 44.0 Å². The fourth-order valence-electron chi connectivity index (χ4n) is 2.81. The van der Waals surface area contributed by atoms with Gasteiger partial charge in [0, 0.05) is 16.6 Å². The van der Waals surface area contributed by atoms with E-state index in [0.29, 0.717) is 22.4 Å². The van der Waals surface area contributed by atoms with Gasteiger partial charge in [0.15, 0.2) is 0 Å². The van der Waals surface area contributed by atoms with Gasteiger partial charge in [-0.25, -0.2) is 4.39 Å². The summed E-state index contributed by atoms with van der Waals surface area (Å²) in [5.41, 5.74) is 5.90. The molecule has 2 rings (SSSR count). The van der Waals surface area contributed by atoms with E-state index in [1.165, 1.54) is 24.2 Å². The largest absolute Gasteiger partial charge is 0.399 e. The van der Waals surface area contributed by atoms with Crippen molar-refractivity contribution < 1.29 is 9.18 Å². The second kappa shape index (κ2) is 7.16. The summed E-state index contributed by atoms with van der Waals surface area (Å²) >= 11 is 1.21. The zero-order valence-electron chi connectivity index (χ0n) is 12.6. The fraction of sp³-hybridized carbons (Fsp3) is 0.562. The van der Waals surface area contributed by atoms with E-state index in [-0.39, 0.29) is 23.5 Å². The molecule has 1 amide bonds. The number of thioether (sulfide) groups is 1. The van der Waals surface area contributed by atoms with E-state index in [4.69, 9.17) is 5.73 Å². The summed E-state index contributed by atoms with van der Waals surface area (Å²) < 4.78 is 13.6. The van der Waals surface area contributed by atoms with Crippen molar-refractivity contribution in [3.05, 3.63) is 24.0 Å². The predicted octanol–water partition coefficient (Wildman–Crippen LogP) is 3.44. The topological polar surface area (TPSA) is 55.1 Å². The Bertz CT molecular complexity index is 509. The van der Waals surface area contributed by atoms with Crippen LogP contribution in [0.3, 0.4) is 0 Å². The molecule has 3 N–H and O–H groups in total. The molecular formula is C16H23FN2OS. The molecule has 1 aliphatic rings. The van der Waals surface area contributed by atoms with Crippen LogP contribution in [0.5, 0.6) is 0 Å². The van der Waals surface area contributed by atoms with Crippen LogP contribution in [-0.2, 0) is 4.79 Å². The number of carbonyl (C=O) groups is 1. The van der Waals surface area contributed by atoms with E-state index in [1.54, 1.807) is 12.1 Å². The van der Waals surface area contributed by atoms with Crippen LogP contribution < -0.4 is 11.1 Å². The third-order valence-corrected chi connectivity index (χ3v) is 5.42. The van der Waals surface area contributed by atoms with E-state index in [1.807, 2.05) is 0 Å². The van der Waals surface area contributed by atoms with E-state index in [2.05, 4.69) is 19.2 Å². The highest BCUT2D eigenvalue weighted by Crippen LogP contribution is 2.30. The Kier molecular flexibility index (Phi) is 5.51. The first-order chi connectivity index (χ1) is 9.97. The van der Waals surface area contributed by atoms with Gasteiger partial charge in [0.25, 0.3) is 0 Å². The maximum Gasteiger partial charge on any atom is 0.230 e. The van der Waals surface area contributed by atoms with Gasteiger partial charge >= 0.3 is 0 Å². The number of anilines is 1. The molecule has 0 heterocycles. The standard InChI is InChI=1S/C16H23FN2OS/c1-10-4-3-5-14(11(10)2)19-16(20)9-21-15-7-6-12(18)8-13(15)17/h6-8,10-11,14H,3-5,9,18H2,1-2H3,(H,19,20). The molecule has 0 saturated heterocycles. The van der Waals surface area contributed by atoms with Crippen LogP contribution >= 0.6 is 11.8 Å². The quantitative estimate of drug-likeness (QED) is 0.661. The summed E-state index contributed by atoms with van der Waals surface area (Å²) in [5.74, 6) is 0.986. The lowest BCUT2D eigenvalue weighted by Gasteiger charge is -2.34. The molecular weight excluding hydrogens is 287 g/mol. The van der Waals surface area contributed by atoms with Crippen LogP contribution in [0.15, 0.2) is 23.1 Å². The first-order valence-electron chi connectivity index (χ1n) is 7.44. The van der Waals surface area contributed by atoms with Crippen molar-refractivity contribution in [2.75, 3.05) is 11.5 Å². The molecule has 0 aliphatic heterocycles. The summed E-state index contributed by atoms with van der Waals surface area (Å²) in [5, 5.41) is 3.09. The number of nitrogen functional groups attached to an aromatic ring is 1. The zero-order chi connectivity index (χ0) is 15.4. The number of hydrogen-bond acceptors (Lipinski definition) is 3. The van der Waals surface area contributed by atoms with Gasteiger partial charge in [-0.3, -0.25) is 4.79 Å². The first-order valence-corrected chi connectivity index (χ1v) is 8.43. The molecule has 5 heteroatoms. The van der Waals surface area contributed by atoms with E-state index < -0.39 is 0 Å². The fourth-order valence-corrected chi connectivity index (χ4v) is 3.54. The normalized spacial score (nSPS) is 25.6. The smallest absolute Gasteiger partial charge is 0.230 e. The number of amides is 1. The van der Waals surface area contributed by atoms with Gasteiger partial charge in [-0.1, -0.05) is 26.7 Å². The van der Waals surface area contributed by atoms with Crippen molar-refractivity contribution in [1.29, 1.82) is 0 Å². The molecule has 1 aliphatic carbocycles. The van der Waals surface area contributed by atoms with Crippen LogP contribution in [0.25, 0.3) is 0 Å². The van der Waals surface area contributed by atoms with Crippen LogP contribution in [0.4, 0.5) is 10.1 Å². The monoisotopic (exact) mass is 310 g/mol. The summed E-state index contributed by atoms with van der Waals surface area (Å²) in [4.78, 5) is 12.5. The minimum Gasteiger partial charge on any atom is -0.399 e. The average Bonchev–Trinajstić information content (AvgIpc) is 2.43. The number of halogens is 1. The Morgan fingerprint density at radius 2 is 2.19 bits per heavy atom. The molecule has 3 unspecified atom stereocenters. The van der Waals surface area contributed by atoms with Gasteiger partial charge < -0.3 is 11.1 Å². The highest BCUT2D eigenvalue weighted by molar-refractivity contribution is 8.00. The van der Waals surface area contributed by atoms with Crippen LogP contribution in [0.1, 0.15) is 33.1 Å². The van der Waals surface area contributed by atoms with Crippen molar-refractivity contribution in [2.24, 2.45) is 11.8 Å². The number of hydrogen-bond donors (Lipinski definition) is 2. The number of benzene rings is 1. The maximum absolute atomic E-state index is 13.6. The molecule has 1 saturated carbocycles. The minimum absolute atomic E-state index is 0.0258. The van der Waals surface area contributed by atoms with Gasteiger partial charge in [-0.2, -0.15) is 0 Å². The van der Waals surface area contributed by atoms with Gasteiger partial charge in [0.2, 0.25) is 5.91 Å². The third kappa shape index (κ3) is 4.37. The minimum atomic E-state index is -0.368. The maximum atomic E-state index is 13.6. The molecule has 21 heavy (non-hydrogen) atoms. The van der Waals surface area contributed by atoms with Gasteiger partial charge in [-0.15, -0.1) is 11.8 Å². The Morgan fingerprint density at radius 3 is 2.90 bits per heavy atom. The summed E-state index contributed by atoms with van der Waals surface area (Å²) in [6, 6.07) is 4.80. The van der Waals surface area contributed by atoms with E-state index >= 15 is 0 Å². The Hall–Kier alpha value is -1.23. The average molecular weight is 310 g/mol. The lowest BCUT2D eigenvalue weighted by Crippen LogP contribution is -2.44. The molecule has 0 bridgehead atoms. The molecule has 1 aromatic rings. The molecule has 1 fully saturated rings. The molecule has 0 aromatic heterocycles. The number of nitrogens with one attached hydrogen (secondary N) is 1. The van der Waals surface area contributed by atoms with Gasteiger partial charge in [-0.05, 0) is 36.5 Å². The second-order valence-electron chi connectivity index (χ2n) is 5.92. The van der Waals surface area contributed by atoms with E-state index in [0.717, 1.165) is 12.8 Å². The molecule has 0 radical (unpaired) electrons. The summed E-state index contributed by atoms with van der Waals surface area (Å²) in [6.45, 7) is 4.43. The van der Waals surface area contributed by atoms with Gasteiger partial charge in [0.1, 0.15) is 5.82 Å². The van der Waals surface area contributed by atoms with Crippen molar-refractivity contribution >= 4 is 23.4 Å².